The maximum Gasteiger partial charge on any atom is 0.242 e. The molecule has 1 fully saturated rings. The first-order chi connectivity index (χ1) is 14.1. The number of nitrogens with zero attached hydrogens (tertiary/aromatic N) is 3. The number of amides is 1. The van der Waals surface area contributed by atoms with Crippen LogP contribution < -0.4 is 5.32 Å². The van der Waals surface area contributed by atoms with Crippen molar-refractivity contribution in [2.24, 2.45) is 0 Å². The fourth-order valence-corrected chi connectivity index (χ4v) is 3.67. The lowest BCUT2D eigenvalue weighted by Gasteiger charge is -2.34. The molecule has 1 N–H and O–H groups in total. The van der Waals surface area contributed by atoms with E-state index in [0.717, 1.165) is 36.4 Å². The van der Waals surface area contributed by atoms with Gasteiger partial charge in [-0.15, -0.1) is 0 Å². The summed E-state index contributed by atoms with van der Waals surface area (Å²) < 4.78 is 28.4. The number of carbonyl (C=O) groups excluding carboxylic acids is 1. The maximum atomic E-state index is 13.4. The van der Waals surface area contributed by atoms with Crippen LogP contribution in [0.4, 0.5) is 14.5 Å². The van der Waals surface area contributed by atoms with E-state index >= 15 is 0 Å². The van der Waals surface area contributed by atoms with Gasteiger partial charge in [-0.2, -0.15) is 0 Å². The molecule has 5 nitrogen and oxygen atoms in total. The van der Waals surface area contributed by atoms with Crippen LogP contribution in [0.5, 0.6) is 0 Å². The van der Waals surface area contributed by atoms with E-state index in [9.17, 15) is 13.6 Å². The number of halogens is 2. The van der Waals surface area contributed by atoms with Crippen LogP contribution in [-0.2, 0) is 11.3 Å². The van der Waals surface area contributed by atoms with Crippen molar-refractivity contribution in [3.63, 3.8) is 0 Å². The zero-order valence-electron chi connectivity index (χ0n) is 15.9. The van der Waals surface area contributed by atoms with Crippen LogP contribution in [0.15, 0.2) is 60.9 Å². The monoisotopic (exact) mass is 396 g/mol. The molecule has 1 amide bonds. The number of aromatic nitrogens is 2. The number of hydrogen-bond acceptors (Lipinski definition) is 3. The van der Waals surface area contributed by atoms with E-state index in [2.05, 4.69) is 10.3 Å². The molecule has 0 bridgehead atoms. The number of likely N-dealkylation sites (tertiary alicyclic amines) is 1. The van der Waals surface area contributed by atoms with Gasteiger partial charge in [-0.1, -0.05) is 30.3 Å². The van der Waals surface area contributed by atoms with Gasteiger partial charge in [0.1, 0.15) is 12.4 Å². The minimum absolute atomic E-state index is 0.00561. The minimum Gasteiger partial charge on any atom is -0.380 e. The lowest BCUT2D eigenvalue weighted by atomic mass is 10.1. The van der Waals surface area contributed by atoms with Gasteiger partial charge in [0.15, 0.2) is 11.6 Å². The van der Waals surface area contributed by atoms with Gasteiger partial charge >= 0.3 is 0 Å². The van der Waals surface area contributed by atoms with Crippen LogP contribution >= 0.6 is 0 Å². The molecule has 0 radical (unpaired) electrons. The van der Waals surface area contributed by atoms with Gasteiger partial charge in [0.05, 0.1) is 0 Å². The molecule has 2 aromatic carbocycles. The maximum absolute atomic E-state index is 13.4. The van der Waals surface area contributed by atoms with Crippen LogP contribution in [0.25, 0.3) is 11.4 Å². The Kier molecular flexibility index (Phi) is 5.55. The molecule has 1 saturated heterocycles. The summed E-state index contributed by atoms with van der Waals surface area (Å²) in [5.41, 5.74) is 1.48. The molecular weight excluding hydrogens is 374 g/mol. The Hall–Kier alpha value is -3.22. The molecule has 4 rings (SSSR count). The molecule has 1 aromatic heterocycles. The molecule has 1 atom stereocenters. The summed E-state index contributed by atoms with van der Waals surface area (Å²) in [6.45, 7) is 1.42. The SMILES string of the molecule is O=C(Cn1ccnc1-c1ccccc1)N1CCC[C@@H](Nc2ccc(F)c(F)c2)C1. The van der Waals surface area contributed by atoms with E-state index in [0.29, 0.717) is 18.8 Å². The molecule has 1 aliphatic heterocycles. The molecule has 150 valence electrons. The molecule has 0 unspecified atom stereocenters. The van der Waals surface area contributed by atoms with Gasteiger partial charge in [0.2, 0.25) is 5.91 Å². The number of nitrogens with one attached hydrogen (secondary N) is 1. The molecule has 0 spiro atoms. The zero-order valence-corrected chi connectivity index (χ0v) is 15.9. The summed E-state index contributed by atoms with van der Waals surface area (Å²) in [7, 11) is 0. The highest BCUT2D eigenvalue weighted by molar-refractivity contribution is 5.77. The Labute approximate surface area is 168 Å². The van der Waals surface area contributed by atoms with Crippen LogP contribution in [0.1, 0.15) is 12.8 Å². The topological polar surface area (TPSA) is 50.2 Å². The Morgan fingerprint density at radius 3 is 2.76 bits per heavy atom. The molecule has 3 aromatic rings. The number of piperidine rings is 1. The lowest BCUT2D eigenvalue weighted by Crippen LogP contribution is -2.46. The molecular formula is C22H22F2N4O. The van der Waals surface area contributed by atoms with E-state index < -0.39 is 11.6 Å². The average molecular weight is 396 g/mol. The van der Waals surface area contributed by atoms with Gasteiger partial charge in [-0.05, 0) is 25.0 Å². The van der Waals surface area contributed by atoms with Crippen molar-refractivity contribution in [2.75, 3.05) is 18.4 Å². The first-order valence-electron chi connectivity index (χ1n) is 9.66. The van der Waals surface area contributed by atoms with Crippen molar-refractivity contribution < 1.29 is 13.6 Å². The second kappa shape index (κ2) is 8.43. The number of carbonyl (C=O) groups is 1. The van der Waals surface area contributed by atoms with Crippen molar-refractivity contribution in [3.05, 3.63) is 72.6 Å². The van der Waals surface area contributed by atoms with Gasteiger partial charge in [-0.3, -0.25) is 4.79 Å². The smallest absolute Gasteiger partial charge is 0.242 e. The average Bonchev–Trinajstić information content (AvgIpc) is 3.20. The summed E-state index contributed by atoms with van der Waals surface area (Å²) in [6, 6.07) is 13.5. The van der Waals surface area contributed by atoms with Crippen molar-refractivity contribution >= 4 is 11.6 Å². The standard InChI is InChI=1S/C22H22F2N4O/c23-19-9-8-17(13-20(19)24)26-18-7-4-11-27(14-18)21(29)15-28-12-10-25-22(28)16-5-2-1-3-6-16/h1-3,5-6,8-10,12-13,18,26H,4,7,11,14-15H2/t18-/m1/s1. The first kappa shape index (κ1) is 19.1. The predicted octanol–water partition coefficient (Wildman–Crippen LogP) is 3.93. The summed E-state index contributed by atoms with van der Waals surface area (Å²) in [5, 5.41) is 3.21. The lowest BCUT2D eigenvalue weighted by molar-refractivity contribution is -0.132. The highest BCUT2D eigenvalue weighted by Gasteiger charge is 2.24. The molecule has 0 aliphatic carbocycles. The van der Waals surface area contributed by atoms with Crippen molar-refractivity contribution in [2.45, 2.75) is 25.4 Å². The summed E-state index contributed by atoms with van der Waals surface area (Å²) in [4.78, 5) is 19.1. The molecule has 1 aliphatic rings. The number of imidazole rings is 1. The van der Waals surface area contributed by atoms with E-state index in [1.165, 1.54) is 6.07 Å². The number of rotatable bonds is 5. The molecule has 0 saturated carbocycles. The molecule has 29 heavy (non-hydrogen) atoms. The normalized spacial score (nSPS) is 16.6. The third-order valence-electron chi connectivity index (χ3n) is 5.12. The van der Waals surface area contributed by atoms with Crippen LogP contribution in [0, 0.1) is 11.6 Å². The second-order valence-electron chi connectivity index (χ2n) is 7.20. The third kappa shape index (κ3) is 4.45. The Morgan fingerprint density at radius 1 is 1.14 bits per heavy atom. The predicted molar refractivity (Wildman–Crippen MR) is 107 cm³/mol. The van der Waals surface area contributed by atoms with Crippen LogP contribution in [0.3, 0.4) is 0 Å². The summed E-state index contributed by atoms with van der Waals surface area (Å²) in [5.74, 6) is -0.984. The Bertz CT molecular complexity index is 989. The van der Waals surface area contributed by atoms with Crippen molar-refractivity contribution in [3.8, 4) is 11.4 Å². The van der Waals surface area contributed by atoms with Gasteiger partial charge < -0.3 is 14.8 Å². The van der Waals surface area contributed by atoms with Crippen molar-refractivity contribution in [1.29, 1.82) is 0 Å². The number of hydrogen-bond donors (Lipinski definition) is 1. The number of anilines is 1. The Morgan fingerprint density at radius 2 is 1.97 bits per heavy atom. The summed E-state index contributed by atoms with van der Waals surface area (Å²) >= 11 is 0. The fourth-order valence-electron chi connectivity index (χ4n) is 3.67. The van der Waals surface area contributed by atoms with Crippen LogP contribution in [0.2, 0.25) is 0 Å². The van der Waals surface area contributed by atoms with Gasteiger partial charge in [0, 0.05) is 48.8 Å². The quantitative estimate of drug-likeness (QED) is 0.711. The second-order valence-corrected chi connectivity index (χ2v) is 7.20. The third-order valence-corrected chi connectivity index (χ3v) is 5.12. The minimum atomic E-state index is -0.882. The van der Waals surface area contributed by atoms with E-state index in [4.69, 9.17) is 0 Å². The zero-order chi connectivity index (χ0) is 20.2. The largest absolute Gasteiger partial charge is 0.380 e. The highest BCUT2D eigenvalue weighted by atomic mass is 19.2. The first-order valence-corrected chi connectivity index (χ1v) is 9.66. The molecule has 7 heteroatoms. The highest BCUT2D eigenvalue weighted by Crippen LogP contribution is 2.20. The van der Waals surface area contributed by atoms with Gasteiger partial charge in [0.25, 0.3) is 0 Å². The number of benzene rings is 2. The van der Waals surface area contributed by atoms with Crippen LogP contribution in [-0.4, -0.2) is 39.5 Å². The fraction of sp³-hybridized carbons (Fsp3) is 0.273. The van der Waals surface area contributed by atoms with Crippen molar-refractivity contribution in [1.82, 2.24) is 14.5 Å². The summed E-state index contributed by atoms with van der Waals surface area (Å²) in [6.07, 6.45) is 5.21. The Balaban J connectivity index is 1.41. The van der Waals surface area contributed by atoms with E-state index in [-0.39, 0.29) is 18.5 Å². The van der Waals surface area contributed by atoms with Gasteiger partial charge in [-0.25, -0.2) is 13.8 Å². The molecule has 2 heterocycles. The van der Waals surface area contributed by atoms with E-state index in [1.807, 2.05) is 39.8 Å². The van der Waals surface area contributed by atoms with E-state index in [1.54, 1.807) is 12.4 Å².